The van der Waals surface area contributed by atoms with Gasteiger partial charge in [-0.2, -0.15) is 5.26 Å². The molecule has 2 heterocycles. The number of aromatic nitrogens is 2. The predicted molar refractivity (Wildman–Crippen MR) is 68.3 cm³/mol. The molecule has 1 fully saturated rings. The molecule has 2 rings (SSSR count). The molecule has 1 aliphatic rings. The smallest absolute Gasteiger partial charge is 0.290 e. The van der Waals surface area contributed by atoms with E-state index in [1.165, 1.54) is 6.20 Å². The molecule has 0 amide bonds. The summed E-state index contributed by atoms with van der Waals surface area (Å²) >= 11 is 0. The number of nitriles is 1. The molecule has 0 atom stereocenters. The van der Waals surface area contributed by atoms with Gasteiger partial charge in [0.1, 0.15) is 5.54 Å². The Morgan fingerprint density at radius 1 is 1.39 bits per heavy atom. The zero-order chi connectivity index (χ0) is 13.2. The first-order valence-electron chi connectivity index (χ1n) is 5.99. The molecule has 1 aromatic rings. The molecule has 96 valence electrons. The van der Waals surface area contributed by atoms with Crippen LogP contribution in [0.5, 0.6) is 0 Å². The van der Waals surface area contributed by atoms with Gasteiger partial charge in [0, 0.05) is 38.6 Å². The van der Waals surface area contributed by atoms with E-state index in [1.54, 1.807) is 6.20 Å². The van der Waals surface area contributed by atoms with Gasteiger partial charge in [0.25, 0.3) is 5.56 Å². The Hall–Kier alpha value is -1.87. The van der Waals surface area contributed by atoms with Crippen LogP contribution in [0.4, 0.5) is 5.82 Å². The Morgan fingerprint density at radius 2 is 2.06 bits per heavy atom. The lowest BCUT2D eigenvalue weighted by Gasteiger charge is -2.40. The van der Waals surface area contributed by atoms with E-state index in [2.05, 4.69) is 20.9 Å². The maximum Gasteiger partial charge on any atom is 0.290 e. The minimum atomic E-state index is -0.456. The molecule has 1 aromatic heterocycles. The summed E-state index contributed by atoms with van der Waals surface area (Å²) in [5.41, 5.74) is -0.617. The van der Waals surface area contributed by atoms with Crippen LogP contribution in [-0.4, -0.2) is 46.6 Å². The molecule has 1 aliphatic heterocycles. The molecule has 0 aromatic carbocycles. The quantitative estimate of drug-likeness (QED) is 0.807. The summed E-state index contributed by atoms with van der Waals surface area (Å²) < 4.78 is 0. The summed E-state index contributed by atoms with van der Waals surface area (Å²) in [5.74, 6) is 0.465. The fraction of sp³-hybridized carbons (Fsp3) is 0.583. The van der Waals surface area contributed by atoms with Gasteiger partial charge in [-0.05, 0) is 13.8 Å². The minimum Gasteiger partial charge on any atom is -0.349 e. The van der Waals surface area contributed by atoms with Crippen LogP contribution in [0.3, 0.4) is 0 Å². The number of nitrogens with one attached hydrogen (secondary N) is 1. The molecule has 0 bridgehead atoms. The molecule has 18 heavy (non-hydrogen) atoms. The van der Waals surface area contributed by atoms with Crippen LogP contribution >= 0.6 is 0 Å². The number of anilines is 1. The van der Waals surface area contributed by atoms with Crippen LogP contribution < -0.4 is 10.5 Å². The van der Waals surface area contributed by atoms with E-state index in [0.717, 1.165) is 13.1 Å². The second kappa shape index (κ2) is 4.78. The molecule has 1 saturated heterocycles. The van der Waals surface area contributed by atoms with E-state index >= 15 is 0 Å². The van der Waals surface area contributed by atoms with Crippen molar-refractivity contribution < 1.29 is 0 Å². The first-order chi connectivity index (χ1) is 8.54. The Morgan fingerprint density at radius 3 is 2.61 bits per heavy atom. The standard InChI is InChI=1S/C12H17N5O/c1-12(2,9-13)17-7-5-16(6-8-17)10-11(18)15-4-3-14-10/h3-4H,5-8H2,1-2H3,(H,15,18). The van der Waals surface area contributed by atoms with Crippen molar-refractivity contribution in [1.82, 2.24) is 14.9 Å². The minimum absolute atomic E-state index is 0.162. The van der Waals surface area contributed by atoms with Gasteiger partial charge in [0.15, 0.2) is 5.82 Å². The van der Waals surface area contributed by atoms with E-state index in [9.17, 15) is 4.79 Å². The van der Waals surface area contributed by atoms with Crippen molar-refractivity contribution in [3.8, 4) is 6.07 Å². The van der Waals surface area contributed by atoms with Crippen molar-refractivity contribution in [2.75, 3.05) is 31.1 Å². The van der Waals surface area contributed by atoms with Crippen LogP contribution in [0.25, 0.3) is 0 Å². The molecule has 0 radical (unpaired) electrons. The third-order valence-corrected chi connectivity index (χ3v) is 3.33. The highest BCUT2D eigenvalue weighted by Gasteiger charge is 2.30. The molecular weight excluding hydrogens is 230 g/mol. The molecule has 1 N–H and O–H groups in total. The molecule has 6 nitrogen and oxygen atoms in total. The normalized spacial score (nSPS) is 17.5. The number of hydrogen-bond acceptors (Lipinski definition) is 5. The van der Waals surface area contributed by atoms with E-state index in [4.69, 9.17) is 5.26 Å². The Bertz CT molecular complexity index is 508. The molecule has 0 aliphatic carbocycles. The lowest BCUT2D eigenvalue weighted by atomic mass is 10.0. The molecule has 0 spiro atoms. The van der Waals surface area contributed by atoms with Gasteiger partial charge in [-0.15, -0.1) is 0 Å². The summed E-state index contributed by atoms with van der Waals surface area (Å²) in [6, 6.07) is 2.30. The third-order valence-electron chi connectivity index (χ3n) is 3.33. The summed E-state index contributed by atoms with van der Waals surface area (Å²) in [7, 11) is 0. The lowest BCUT2D eigenvalue weighted by Crippen LogP contribution is -2.55. The lowest BCUT2D eigenvalue weighted by molar-refractivity contribution is 0.157. The Kier molecular flexibility index (Phi) is 3.34. The van der Waals surface area contributed by atoms with E-state index in [0.29, 0.717) is 18.9 Å². The van der Waals surface area contributed by atoms with E-state index in [-0.39, 0.29) is 5.56 Å². The van der Waals surface area contributed by atoms with Gasteiger partial charge in [0.2, 0.25) is 0 Å². The zero-order valence-electron chi connectivity index (χ0n) is 10.7. The maximum absolute atomic E-state index is 11.6. The molecule has 0 unspecified atom stereocenters. The Balaban J connectivity index is 2.06. The zero-order valence-corrected chi connectivity index (χ0v) is 10.7. The number of piperazine rings is 1. The second-order valence-corrected chi connectivity index (χ2v) is 4.89. The van der Waals surface area contributed by atoms with Crippen molar-refractivity contribution in [1.29, 1.82) is 5.26 Å². The highest BCUT2D eigenvalue weighted by atomic mass is 16.1. The summed E-state index contributed by atoms with van der Waals surface area (Å²) in [6.07, 6.45) is 3.11. The number of H-pyrrole nitrogens is 1. The van der Waals surface area contributed by atoms with Gasteiger partial charge >= 0.3 is 0 Å². The fourth-order valence-electron chi connectivity index (χ4n) is 2.12. The van der Waals surface area contributed by atoms with Crippen LogP contribution in [0.1, 0.15) is 13.8 Å². The van der Waals surface area contributed by atoms with Crippen LogP contribution in [-0.2, 0) is 0 Å². The number of nitrogens with zero attached hydrogens (tertiary/aromatic N) is 4. The van der Waals surface area contributed by atoms with Gasteiger partial charge in [-0.1, -0.05) is 0 Å². The number of rotatable bonds is 2. The molecule has 6 heteroatoms. The third kappa shape index (κ3) is 2.36. The first-order valence-corrected chi connectivity index (χ1v) is 5.99. The highest BCUT2D eigenvalue weighted by molar-refractivity contribution is 5.36. The van der Waals surface area contributed by atoms with Gasteiger partial charge < -0.3 is 9.88 Å². The number of hydrogen-bond donors (Lipinski definition) is 1. The van der Waals surface area contributed by atoms with Gasteiger partial charge in [0.05, 0.1) is 6.07 Å². The van der Waals surface area contributed by atoms with Crippen LogP contribution in [0, 0.1) is 11.3 Å². The molecular formula is C12H17N5O. The van der Waals surface area contributed by atoms with Crippen molar-refractivity contribution in [3.63, 3.8) is 0 Å². The number of aromatic amines is 1. The molecule has 0 saturated carbocycles. The first kappa shape index (κ1) is 12.6. The van der Waals surface area contributed by atoms with Crippen molar-refractivity contribution in [2.24, 2.45) is 0 Å². The summed E-state index contributed by atoms with van der Waals surface area (Å²) in [6.45, 7) is 6.77. The monoisotopic (exact) mass is 247 g/mol. The maximum atomic E-state index is 11.6. The average Bonchev–Trinajstić information content (AvgIpc) is 2.39. The highest BCUT2D eigenvalue weighted by Crippen LogP contribution is 2.17. The van der Waals surface area contributed by atoms with Gasteiger partial charge in [-0.3, -0.25) is 9.69 Å². The Labute approximate surface area is 106 Å². The van der Waals surface area contributed by atoms with Crippen molar-refractivity contribution in [2.45, 2.75) is 19.4 Å². The largest absolute Gasteiger partial charge is 0.349 e. The average molecular weight is 247 g/mol. The predicted octanol–water partition coefficient (Wildman–Crippen LogP) is 0.194. The van der Waals surface area contributed by atoms with Crippen LogP contribution in [0.15, 0.2) is 17.2 Å². The topological polar surface area (TPSA) is 76.0 Å². The van der Waals surface area contributed by atoms with Crippen LogP contribution in [0.2, 0.25) is 0 Å². The van der Waals surface area contributed by atoms with E-state index in [1.807, 2.05) is 18.7 Å². The fourth-order valence-corrected chi connectivity index (χ4v) is 2.12. The van der Waals surface area contributed by atoms with Gasteiger partial charge in [-0.25, -0.2) is 4.98 Å². The van der Waals surface area contributed by atoms with Crippen molar-refractivity contribution in [3.05, 3.63) is 22.7 Å². The van der Waals surface area contributed by atoms with Crippen molar-refractivity contribution >= 4 is 5.82 Å². The second-order valence-electron chi connectivity index (χ2n) is 4.89. The van der Waals surface area contributed by atoms with E-state index < -0.39 is 5.54 Å². The SMILES string of the molecule is CC(C)(C#N)N1CCN(c2ncc[nH]c2=O)CC1. The summed E-state index contributed by atoms with van der Waals surface area (Å²) in [5, 5.41) is 9.10. The summed E-state index contributed by atoms with van der Waals surface area (Å²) in [4.78, 5) is 22.4.